The Bertz CT molecular complexity index is 793. The molecule has 1 aliphatic heterocycles. The highest BCUT2D eigenvalue weighted by molar-refractivity contribution is 5.24. The summed E-state index contributed by atoms with van der Waals surface area (Å²) in [6.45, 7) is 4.82. The van der Waals surface area contributed by atoms with Crippen LogP contribution in [0.5, 0.6) is 0 Å². The van der Waals surface area contributed by atoms with Gasteiger partial charge in [-0.05, 0) is 43.5 Å². The molecule has 3 aromatic rings. The number of hydrogen-bond acceptors (Lipinski definition) is 4. The highest BCUT2D eigenvalue weighted by atomic mass is 16.5. The van der Waals surface area contributed by atoms with Crippen LogP contribution < -0.4 is 0 Å². The molecule has 0 amide bonds. The summed E-state index contributed by atoms with van der Waals surface area (Å²) in [5.74, 6) is 0.887. The first-order chi connectivity index (χ1) is 11.8. The van der Waals surface area contributed by atoms with Gasteiger partial charge in [0, 0.05) is 25.0 Å². The van der Waals surface area contributed by atoms with E-state index in [2.05, 4.69) is 45.5 Å². The SMILES string of the molecule is Cc1cc([C@H]2CCCN2Cc2cccc(Cn3cccn3)c2)no1. The highest BCUT2D eigenvalue weighted by Crippen LogP contribution is 2.32. The second-order valence-corrected chi connectivity index (χ2v) is 6.51. The smallest absolute Gasteiger partial charge is 0.133 e. The van der Waals surface area contributed by atoms with Crippen molar-refractivity contribution < 1.29 is 4.52 Å². The lowest BCUT2D eigenvalue weighted by molar-refractivity contribution is 0.236. The summed E-state index contributed by atoms with van der Waals surface area (Å²) in [5.41, 5.74) is 3.69. The maximum absolute atomic E-state index is 5.27. The first kappa shape index (κ1) is 15.1. The van der Waals surface area contributed by atoms with E-state index >= 15 is 0 Å². The Morgan fingerprint density at radius 2 is 2.04 bits per heavy atom. The van der Waals surface area contributed by atoms with E-state index in [4.69, 9.17) is 4.52 Å². The summed E-state index contributed by atoms with van der Waals surface area (Å²) in [6, 6.07) is 13.2. The molecular formula is C19H22N4O. The Balaban J connectivity index is 1.48. The zero-order chi connectivity index (χ0) is 16.4. The van der Waals surface area contributed by atoms with Gasteiger partial charge in [-0.2, -0.15) is 5.10 Å². The number of hydrogen-bond donors (Lipinski definition) is 0. The van der Waals surface area contributed by atoms with E-state index in [0.29, 0.717) is 6.04 Å². The van der Waals surface area contributed by atoms with Gasteiger partial charge in [0.25, 0.3) is 0 Å². The van der Waals surface area contributed by atoms with Crippen molar-refractivity contribution in [3.05, 3.63) is 71.4 Å². The van der Waals surface area contributed by atoms with Crippen LogP contribution in [0, 0.1) is 6.92 Å². The Kier molecular flexibility index (Phi) is 4.17. The molecule has 0 aliphatic carbocycles. The minimum Gasteiger partial charge on any atom is -0.361 e. The Hall–Kier alpha value is -2.40. The van der Waals surface area contributed by atoms with Crippen molar-refractivity contribution in [1.29, 1.82) is 0 Å². The first-order valence-electron chi connectivity index (χ1n) is 8.50. The van der Waals surface area contributed by atoms with Crippen LogP contribution in [0.4, 0.5) is 0 Å². The van der Waals surface area contributed by atoms with Gasteiger partial charge in [0.05, 0.1) is 12.6 Å². The quantitative estimate of drug-likeness (QED) is 0.720. The molecule has 0 spiro atoms. The summed E-state index contributed by atoms with van der Waals surface area (Å²) in [4.78, 5) is 2.50. The Morgan fingerprint density at radius 1 is 1.17 bits per heavy atom. The van der Waals surface area contributed by atoms with Crippen LogP contribution in [0.15, 0.2) is 53.3 Å². The molecule has 3 heterocycles. The van der Waals surface area contributed by atoms with Crippen LogP contribution >= 0.6 is 0 Å². The van der Waals surface area contributed by atoms with Gasteiger partial charge in [0.2, 0.25) is 0 Å². The van der Waals surface area contributed by atoms with Gasteiger partial charge in [0.15, 0.2) is 0 Å². The molecule has 0 unspecified atom stereocenters. The van der Waals surface area contributed by atoms with Gasteiger partial charge in [-0.25, -0.2) is 0 Å². The van der Waals surface area contributed by atoms with Gasteiger partial charge in [0.1, 0.15) is 11.5 Å². The molecule has 1 fully saturated rings. The predicted octanol–water partition coefficient (Wildman–Crippen LogP) is 3.56. The fourth-order valence-electron chi connectivity index (χ4n) is 3.53. The third-order valence-electron chi connectivity index (χ3n) is 4.63. The molecule has 124 valence electrons. The lowest BCUT2D eigenvalue weighted by Crippen LogP contribution is -2.23. The fourth-order valence-corrected chi connectivity index (χ4v) is 3.53. The Morgan fingerprint density at radius 3 is 2.79 bits per heavy atom. The van der Waals surface area contributed by atoms with Crippen LogP contribution in [0.3, 0.4) is 0 Å². The molecule has 1 aliphatic rings. The molecule has 4 rings (SSSR count). The average Bonchev–Trinajstić information content (AvgIpc) is 3.30. The molecule has 1 saturated heterocycles. The van der Waals surface area contributed by atoms with Crippen LogP contribution in [0.25, 0.3) is 0 Å². The van der Waals surface area contributed by atoms with Crippen molar-refractivity contribution in [2.45, 2.75) is 38.9 Å². The van der Waals surface area contributed by atoms with Crippen molar-refractivity contribution in [2.24, 2.45) is 0 Å². The van der Waals surface area contributed by atoms with E-state index in [1.165, 1.54) is 17.5 Å². The topological polar surface area (TPSA) is 47.1 Å². The summed E-state index contributed by atoms with van der Waals surface area (Å²) < 4.78 is 7.22. The molecule has 0 bridgehead atoms. The lowest BCUT2D eigenvalue weighted by atomic mass is 10.1. The largest absolute Gasteiger partial charge is 0.361 e. The second kappa shape index (κ2) is 6.61. The molecule has 5 nitrogen and oxygen atoms in total. The number of nitrogens with zero attached hydrogens (tertiary/aromatic N) is 4. The summed E-state index contributed by atoms with van der Waals surface area (Å²) >= 11 is 0. The van der Waals surface area contributed by atoms with E-state index < -0.39 is 0 Å². The molecule has 24 heavy (non-hydrogen) atoms. The number of rotatable bonds is 5. The maximum atomic E-state index is 5.27. The van der Waals surface area contributed by atoms with E-state index in [9.17, 15) is 0 Å². The molecule has 1 aromatic carbocycles. The maximum Gasteiger partial charge on any atom is 0.133 e. The molecule has 1 atom stereocenters. The van der Waals surface area contributed by atoms with Crippen molar-refractivity contribution >= 4 is 0 Å². The van der Waals surface area contributed by atoms with Crippen molar-refractivity contribution in [2.75, 3.05) is 6.54 Å². The summed E-state index contributed by atoms with van der Waals surface area (Å²) in [5, 5.41) is 8.51. The third kappa shape index (κ3) is 3.26. The molecule has 0 radical (unpaired) electrons. The van der Waals surface area contributed by atoms with Crippen LogP contribution in [0.1, 0.15) is 41.5 Å². The minimum absolute atomic E-state index is 0.372. The van der Waals surface area contributed by atoms with Gasteiger partial charge in [-0.15, -0.1) is 0 Å². The highest BCUT2D eigenvalue weighted by Gasteiger charge is 2.28. The van der Waals surface area contributed by atoms with Gasteiger partial charge in [-0.1, -0.05) is 29.4 Å². The third-order valence-corrected chi connectivity index (χ3v) is 4.63. The number of aromatic nitrogens is 3. The predicted molar refractivity (Wildman–Crippen MR) is 91.4 cm³/mol. The standard InChI is InChI=1S/C19H22N4O/c1-15-11-18(21-24-15)19-7-3-9-22(19)13-16-5-2-6-17(12-16)14-23-10-4-8-20-23/h2,4-6,8,10-12,19H,3,7,9,13-14H2,1H3/t19-/m1/s1. The summed E-state index contributed by atoms with van der Waals surface area (Å²) in [7, 11) is 0. The molecule has 2 aromatic heterocycles. The monoisotopic (exact) mass is 322 g/mol. The lowest BCUT2D eigenvalue weighted by Gasteiger charge is -2.23. The molecule has 0 saturated carbocycles. The van der Waals surface area contributed by atoms with Crippen LogP contribution in [-0.2, 0) is 13.1 Å². The summed E-state index contributed by atoms with van der Waals surface area (Å²) in [6.07, 6.45) is 6.18. The molecule has 0 N–H and O–H groups in total. The second-order valence-electron chi connectivity index (χ2n) is 6.51. The Labute approximate surface area is 141 Å². The van der Waals surface area contributed by atoms with Crippen molar-refractivity contribution in [1.82, 2.24) is 19.8 Å². The zero-order valence-electron chi connectivity index (χ0n) is 13.9. The van der Waals surface area contributed by atoms with E-state index in [-0.39, 0.29) is 0 Å². The van der Waals surface area contributed by atoms with Crippen LogP contribution in [0.2, 0.25) is 0 Å². The van der Waals surface area contributed by atoms with Gasteiger partial charge < -0.3 is 4.52 Å². The number of likely N-dealkylation sites (tertiary alicyclic amines) is 1. The first-order valence-corrected chi connectivity index (χ1v) is 8.50. The van der Waals surface area contributed by atoms with Gasteiger partial charge >= 0.3 is 0 Å². The van der Waals surface area contributed by atoms with Gasteiger partial charge in [-0.3, -0.25) is 9.58 Å². The molecular weight excluding hydrogens is 300 g/mol. The number of aryl methyl sites for hydroxylation is 1. The van der Waals surface area contributed by atoms with Crippen LogP contribution in [-0.4, -0.2) is 26.4 Å². The number of benzene rings is 1. The van der Waals surface area contributed by atoms with E-state index in [1.54, 1.807) is 0 Å². The fraction of sp³-hybridized carbons (Fsp3) is 0.368. The minimum atomic E-state index is 0.372. The normalized spacial score (nSPS) is 18.3. The van der Waals surface area contributed by atoms with Crippen molar-refractivity contribution in [3.63, 3.8) is 0 Å². The van der Waals surface area contributed by atoms with E-state index in [0.717, 1.165) is 37.5 Å². The average molecular weight is 322 g/mol. The molecule has 5 heteroatoms. The zero-order valence-corrected chi connectivity index (χ0v) is 13.9. The van der Waals surface area contributed by atoms with Crippen molar-refractivity contribution in [3.8, 4) is 0 Å². The van der Waals surface area contributed by atoms with E-state index in [1.807, 2.05) is 30.1 Å².